The van der Waals surface area contributed by atoms with Gasteiger partial charge in [-0.05, 0) is 81.8 Å². The zero-order valence-corrected chi connectivity index (χ0v) is 21.2. The molecule has 5 nitrogen and oxygen atoms in total. The first kappa shape index (κ1) is 26.4. The molecule has 0 aliphatic rings. The van der Waals surface area contributed by atoms with Crippen LogP contribution in [0.3, 0.4) is 0 Å². The molecule has 2 rings (SSSR count). The zero-order valence-electron chi connectivity index (χ0n) is 21.2. The van der Waals surface area contributed by atoms with Crippen LogP contribution < -0.4 is 9.64 Å². The van der Waals surface area contributed by atoms with E-state index in [1.807, 2.05) is 32.0 Å². The maximum absolute atomic E-state index is 12.2. The summed E-state index contributed by atoms with van der Waals surface area (Å²) in [6.45, 7) is 14.1. The third-order valence-corrected chi connectivity index (χ3v) is 5.52. The van der Waals surface area contributed by atoms with Gasteiger partial charge in [-0.15, -0.1) is 0 Å². The van der Waals surface area contributed by atoms with Gasteiger partial charge in [-0.2, -0.15) is 0 Å². The Hall–Kier alpha value is -2.82. The number of ether oxygens (including phenoxy) is 2. The Labute approximate surface area is 199 Å². The van der Waals surface area contributed by atoms with E-state index in [0.29, 0.717) is 17.8 Å². The van der Waals surface area contributed by atoms with Crippen molar-refractivity contribution < 1.29 is 19.1 Å². The van der Waals surface area contributed by atoms with Crippen molar-refractivity contribution in [1.29, 1.82) is 0 Å². The Kier molecular flexibility index (Phi) is 9.95. The molecule has 0 N–H and O–H groups in total. The van der Waals surface area contributed by atoms with Gasteiger partial charge in [-0.25, -0.2) is 0 Å². The van der Waals surface area contributed by atoms with Gasteiger partial charge in [-0.1, -0.05) is 38.1 Å². The van der Waals surface area contributed by atoms with Crippen molar-refractivity contribution in [2.45, 2.75) is 86.4 Å². The average molecular weight is 454 g/mol. The molecular weight excluding hydrogens is 414 g/mol. The number of nitrogens with zero attached hydrogens (tertiary/aromatic N) is 1. The standard InChI is InChI=1S/C28H39NO4/c1-19(2)28(31)33-27-16-15-23(18-32-22(7)30)17-25(27)13-10-12-24-11-8-9-14-26(24)29(20(3)4)21(5)6/h8-9,11,14-17,19-21H,10,12-13,18H2,1-7H3. The van der Waals surface area contributed by atoms with Crippen LogP contribution in [0.5, 0.6) is 5.75 Å². The van der Waals surface area contributed by atoms with Crippen LogP contribution in [-0.2, 0) is 33.8 Å². The molecular formula is C28H39NO4. The fourth-order valence-corrected chi connectivity index (χ4v) is 4.02. The second-order valence-corrected chi connectivity index (χ2v) is 9.38. The van der Waals surface area contributed by atoms with E-state index in [0.717, 1.165) is 30.4 Å². The van der Waals surface area contributed by atoms with Crippen molar-refractivity contribution in [1.82, 2.24) is 0 Å². The lowest BCUT2D eigenvalue weighted by Gasteiger charge is -2.34. The van der Waals surface area contributed by atoms with Gasteiger partial charge < -0.3 is 14.4 Å². The molecule has 0 saturated carbocycles. The number of hydrogen-bond acceptors (Lipinski definition) is 5. The predicted molar refractivity (Wildman–Crippen MR) is 134 cm³/mol. The molecule has 0 unspecified atom stereocenters. The number of benzene rings is 2. The van der Waals surface area contributed by atoms with Crippen LogP contribution in [0.4, 0.5) is 5.69 Å². The predicted octanol–water partition coefficient (Wildman–Crippen LogP) is 6.11. The minimum absolute atomic E-state index is 0.205. The van der Waals surface area contributed by atoms with Crippen LogP contribution in [0.25, 0.3) is 0 Å². The van der Waals surface area contributed by atoms with Gasteiger partial charge in [0.1, 0.15) is 12.4 Å². The summed E-state index contributed by atoms with van der Waals surface area (Å²) in [4.78, 5) is 25.9. The number of carbonyl (C=O) groups excluding carboxylic acids is 2. The van der Waals surface area contributed by atoms with Crippen molar-refractivity contribution in [2.75, 3.05) is 4.90 Å². The molecule has 0 atom stereocenters. The number of hydrogen-bond donors (Lipinski definition) is 0. The van der Waals surface area contributed by atoms with Crippen LogP contribution in [0.15, 0.2) is 42.5 Å². The maximum Gasteiger partial charge on any atom is 0.313 e. The van der Waals surface area contributed by atoms with Crippen LogP contribution in [0.2, 0.25) is 0 Å². The number of anilines is 1. The quantitative estimate of drug-likeness (QED) is 0.303. The van der Waals surface area contributed by atoms with E-state index >= 15 is 0 Å². The molecule has 0 amide bonds. The summed E-state index contributed by atoms with van der Waals surface area (Å²) in [5.41, 5.74) is 4.43. The van der Waals surface area contributed by atoms with E-state index in [-0.39, 0.29) is 24.5 Å². The molecule has 2 aromatic rings. The molecule has 5 heteroatoms. The lowest BCUT2D eigenvalue weighted by atomic mass is 9.99. The molecule has 180 valence electrons. The summed E-state index contributed by atoms with van der Waals surface area (Å²) >= 11 is 0. The minimum Gasteiger partial charge on any atom is -0.461 e. The van der Waals surface area contributed by atoms with E-state index in [1.54, 1.807) is 0 Å². The summed E-state index contributed by atoms with van der Waals surface area (Å²) in [7, 11) is 0. The van der Waals surface area contributed by atoms with E-state index < -0.39 is 0 Å². The second kappa shape index (κ2) is 12.4. The van der Waals surface area contributed by atoms with E-state index in [4.69, 9.17) is 9.47 Å². The number of rotatable bonds is 11. The van der Waals surface area contributed by atoms with Gasteiger partial charge in [0.25, 0.3) is 0 Å². The summed E-state index contributed by atoms with van der Waals surface area (Å²) < 4.78 is 10.8. The molecule has 2 aromatic carbocycles. The maximum atomic E-state index is 12.2. The largest absolute Gasteiger partial charge is 0.461 e. The first-order valence-electron chi connectivity index (χ1n) is 11.9. The Morgan fingerprint density at radius 3 is 2.12 bits per heavy atom. The zero-order chi connectivity index (χ0) is 24.5. The first-order valence-corrected chi connectivity index (χ1v) is 11.9. The lowest BCUT2D eigenvalue weighted by molar-refractivity contribution is -0.142. The highest BCUT2D eigenvalue weighted by Crippen LogP contribution is 2.28. The Morgan fingerprint density at radius 1 is 0.879 bits per heavy atom. The van der Waals surface area contributed by atoms with Gasteiger partial charge in [0.15, 0.2) is 0 Å². The molecule has 0 bridgehead atoms. The number of para-hydroxylation sites is 1. The third kappa shape index (κ3) is 7.92. The van der Waals surface area contributed by atoms with Crippen LogP contribution in [0.1, 0.15) is 71.6 Å². The average Bonchev–Trinajstić information content (AvgIpc) is 2.74. The van der Waals surface area contributed by atoms with Gasteiger partial charge in [0.2, 0.25) is 0 Å². The topological polar surface area (TPSA) is 55.8 Å². The van der Waals surface area contributed by atoms with Gasteiger partial charge >= 0.3 is 11.9 Å². The molecule has 0 aliphatic heterocycles. The number of aryl methyl sites for hydroxylation is 2. The Morgan fingerprint density at radius 2 is 1.52 bits per heavy atom. The van der Waals surface area contributed by atoms with Crippen molar-refractivity contribution in [3.05, 3.63) is 59.2 Å². The minimum atomic E-state index is -0.316. The summed E-state index contributed by atoms with van der Waals surface area (Å²) in [6.07, 6.45) is 2.58. The van der Waals surface area contributed by atoms with Gasteiger partial charge in [0.05, 0.1) is 5.92 Å². The highest BCUT2D eigenvalue weighted by Gasteiger charge is 2.18. The Bertz CT molecular complexity index is 925. The summed E-state index contributed by atoms with van der Waals surface area (Å²) in [5, 5.41) is 0. The summed E-state index contributed by atoms with van der Waals surface area (Å²) in [5.74, 6) is -0.190. The smallest absolute Gasteiger partial charge is 0.313 e. The fraction of sp³-hybridized carbons (Fsp3) is 0.500. The van der Waals surface area contributed by atoms with Crippen molar-refractivity contribution >= 4 is 17.6 Å². The second-order valence-electron chi connectivity index (χ2n) is 9.38. The molecule has 0 heterocycles. The van der Waals surface area contributed by atoms with Crippen LogP contribution in [0, 0.1) is 5.92 Å². The fourth-order valence-electron chi connectivity index (χ4n) is 4.02. The molecule has 33 heavy (non-hydrogen) atoms. The monoisotopic (exact) mass is 453 g/mol. The molecule has 0 radical (unpaired) electrons. The summed E-state index contributed by atoms with van der Waals surface area (Å²) in [6, 6.07) is 15.0. The van der Waals surface area contributed by atoms with Crippen molar-refractivity contribution in [3.8, 4) is 5.75 Å². The van der Waals surface area contributed by atoms with Gasteiger partial charge in [-0.3, -0.25) is 9.59 Å². The van der Waals surface area contributed by atoms with Crippen LogP contribution in [-0.4, -0.2) is 24.0 Å². The van der Waals surface area contributed by atoms with E-state index in [2.05, 4.69) is 56.9 Å². The molecule has 0 fully saturated rings. The van der Waals surface area contributed by atoms with Crippen LogP contribution >= 0.6 is 0 Å². The normalized spacial score (nSPS) is 11.2. The number of carbonyl (C=O) groups is 2. The van der Waals surface area contributed by atoms with Gasteiger partial charge in [0, 0.05) is 24.7 Å². The van der Waals surface area contributed by atoms with E-state index in [1.165, 1.54) is 18.2 Å². The highest BCUT2D eigenvalue weighted by atomic mass is 16.5. The van der Waals surface area contributed by atoms with Crippen molar-refractivity contribution in [2.24, 2.45) is 5.92 Å². The molecule has 0 saturated heterocycles. The lowest BCUT2D eigenvalue weighted by Crippen LogP contribution is -2.37. The van der Waals surface area contributed by atoms with Crippen molar-refractivity contribution in [3.63, 3.8) is 0 Å². The first-order chi connectivity index (χ1) is 15.6. The molecule has 0 aliphatic carbocycles. The highest BCUT2D eigenvalue weighted by molar-refractivity contribution is 5.74. The third-order valence-electron chi connectivity index (χ3n) is 5.52. The molecule has 0 spiro atoms. The Balaban J connectivity index is 2.21. The van der Waals surface area contributed by atoms with E-state index in [9.17, 15) is 9.59 Å². The number of esters is 2. The SMILES string of the molecule is CC(=O)OCc1ccc(OC(=O)C(C)C)c(CCCc2ccccc2N(C(C)C)C(C)C)c1. The molecule has 0 aromatic heterocycles.